The molecule has 0 unspecified atom stereocenters. The van der Waals surface area contributed by atoms with Crippen LogP contribution in [0, 0.1) is 11.6 Å². The van der Waals surface area contributed by atoms with Crippen LogP contribution in [0.4, 0.5) is 14.6 Å². The number of nitrogens with zero attached hydrogens (tertiary/aromatic N) is 2. The van der Waals surface area contributed by atoms with Gasteiger partial charge in [-0.25, -0.2) is 13.8 Å². The van der Waals surface area contributed by atoms with E-state index < -0.39 is 11.6 Å². The summed E-state index contributed by atoms with van der Waals surface area (Å²) in [6, 6.07) is 1.03. The molecule has 5 heteroatoms. The molecule has 2 N–H and O–H groups in total. The minimum absolute atomic E-state index is 0.172. The predicted molar refractivity (Wildman–Crippen MR) is 64.9 cm³/mol. The van der Waals surface area contributed by atoms with Crippen molar-refractivity contribution in [3.05, 3.63) is 23.9 Å². The van der Waals surface area contributed by atoms with Crippen LogP contribution >= 0.6 is 0 Å². The maximum absolute atomic E-state index is 13.7. The minimum Gasteiger partial charge on any atom is -0.350 e. The summed E-state index contributed by atoms with van der Waals surface area (Å²) < 4.78 is 26.5. The standard InChI is InChI=1S/C12H19F2N3/c1-3-10(4-2)17(6-5-15)12-11(14)7-9(13)8-16-12/h7-8,10H,3-6,15H2,1-2H3. The van der Waals surface area contributed by atoms with E-state index in [0.29, 0.717) is 13.1 Å². The Hall–Kier alpha value is -1.23. The Labute approximate surface area is 101 Å². The molecule has 0 amide bonds. The summed E-state index contributed by atoms with van der Waals surface area (Å²) in [7, 11) is 0. The molecule has 17 heavy (non-hydrogen) atoms. The van der Waals surface area contributed by atoms with Crippen molar-refractivity contribution in [3.8, 4) is 0 Å². The number of aromatic nitrogens is 1. The normalized spacial score (nSPS) is 10.9. The highest BCUT2D eigenvalue weighted by Crippen LogP contribution is 2.21. The number of anilines is 1. The van der Waals surface area contributed by atoms with Gasteiger partial charge in [0.15, 0.2) is 11.6 Å². The molecule has 0 atom stereocenters. The van der Waals surface area contributed by atoms with Gasteiger partial charge >= 0.3 is 0 Å². The SMILES string of the molecule is CCC(CC)N(CCN)c1ncc(F)cc1F. The smallest absolute Gasteiger partial charge is 0.168 e. The largest absolute Gasteiger partial charge is 0.350 e. The zero-order valence-corrected chi connectivity index (χ0v) is 10.3. The molecule has 0 radical (unpaired) electrons. The summed E-state index contributed by atoms with van der Waals surface area (Å²) >= 11 is 0. The average Bonchev–Trinajstić information content (AvgIpc) is 2.30. The Morgan fingerprint density at radius 2 is 2.00 bits per heavy atom. The Morgan fingerprint density at radius 3 is 2.47 bits per heavy atom. The molecule has 0 saturated heterocycles. The van der Waals surface area contributed by atoms with E-state index in [1.165, 1.54) is 0 Å². The molecule has 0 aromatic carbocycles. The molecule has 0 saturated carbocycles. The van der Waals surface area contributed by atoms with E-state index in [4.69, 9.17) is 5.73 Å². The van der Waals surface area contributed by atoms with Gasteiger partial charge in [0.1, 0.15) is 5.82 Å². The monoisotopic (exact) mass is 243 g/mol. The molecule has 1 aromatic rings. The van der Waals surface area contributed by atoms with E-state index >= 15 is 0 Å². The molecule has 0 fully saturated rings. The fourth-order valence-electron chi connectivity index (χ4n) is 1.95. The first-order valence-electron chi connectivity index (χ1n) is 5.91. The Morgan fingerprint density at radius 1 is 1.35 bits per heavy atom. The van der Waals surface area contributed by atoms with E-state index in [2.05, 4.69) is 4.98 Å². The van der Waals surface area contributed by atoms with E-state index in [1.54, 1.807) is 0 Å². The van der Waals surface area contributed by atoms with Gasteiger partial charge in [-0.3, -0.25) is 0 Å². The third kappa shape index (κ3) is 3.36. The Balaban J connectivity index is 3.03. The second-order valence-corrected chi connectivity index (χ2v) is 3.91. The number of halogens is 2. The summed E-state index contributed by atoms with van der Waals surface area (Å²) in [5.74, 6) is -1.11. The Bertz CT molecular complexity index is 354. The minimum atomic E-state index is -0.663. The van der Waals surface area contributed by atoms with Crippen LogP contribution in [0.1, 0.15) is 26.7 Å². The van der Waals surface area contributed by atoms with Crippen molar-refractivity contribution in [1.82, 2.24) is 4.98 Å². The van der Waals surface area contributed by atoms with Crippen LogP contribution in [0.15, 0.2) is 12.3 Å². The highest BCUT2D eigenvalue weighted by molar-refractivity contribution is 5.41. The van der Waals surface area contributed by atoms with Crippen molar-refractivity contribution in [2.75, 3.05) is 18.0 Å². The van der Waals surface area contributed by atoms with Crippen LogP contribution < -0.4 is 10.6 Å². The first-order valence-corrected chi connectivity index (χ1v) is 5.91. The van der Waals surface area contributed by atoms with Crippen LogP contribution in [-0.4, -0.2) is 24.1 Å². The quantitative estimate of drug-likeness (QED) is 0.833. The number of hydrogen-bond acceptors (Lipinski definition) is 3. The maximum Gasteiger partial charge on any atom is 0.168 e. The van der Waals surface area contributed by atoms with Crippen molar-refractivity contribution in [3.63, 3.8) is 0 Å². The summed E-state index contributed by atoms with van der Waals surface area (Å²) in [5, 5.41) is 0. The topological polar surface area (TPSA) is 42.1 Å². The molecule has 1 heterocycles. The third-order valence-corrected chi connectivity index (χ3v) is 2.81. The first kappa shape index (κ1) is 13.8. The number of nitrogens with two attached hydrogens (primary N) is 1. The summed E-state index contributed by atoms with van der Waals surface area (Å²) in [6.45, 7) is 4.98. The van der Waals surface area contributed by atoms with Gasteiger partial charge in [-0.1, -0.05) is 13.8 Å². The Kier molecular flexibility index (Phi) is 5.28. The highest BCUT2D eigenvalue weighted by atomic mass is 19.1. The summed E-state index contributed by atoms with van der Waals surface area (Å²) in [6.07, 6.45) is 2.77. The lowest BCUT2D eigenvalue weighted by atomic mass is 10.1. The maximum atomic E-state index is 13.7. The van der Waals surface area contributed by atoms with Crippen molar-refractivity contribution < 1.29 is 8.78 Å². The number of rotatable bonds is 6. The molecule has 96 valence electrons. The van der Waals surface area contributed by atoms with Crippen molar-refractivity contribution >= 4 is 5.82 Å². The van der Waals surface area contributed by atoms with Gasteiger partial charge < -0.3 is 10.6 Å². The zero-order valence-electron chi connectivity index (χ0n) is 10.3. The van der Waals surface area contributed by atoms with Gasteiger partial charge in [0.05, 0.1) is 6.20 Å². The molecule has 1 aromatic heterocycles. The van der Waals surface area contributed by atoms with Gasteiger partial charge in [-0.2, -0.15) is 0 Å². The molecule has 0 bridgehead atoms. The molecule has 0 aliphatic carbocycles. The summed E-state index contributed by atoms with van der Waals surface area (Å²) in [4.78, 5) is 5.65. The molecule has 0 spiro atoms. The van der Waals surface area contributed by atoms with Crippen LogP contribution in [0.25, 0.3) is 0 Å². The van der Waals surface area contributed by atoms with E-state index in [9.17, 15) is 8.78 Å². The van der Waals surface area contributed by atoms with Crippen LogP contribution in [-0.2, 0) is 0 Å². The van der Waals surface area contributed by atoms with Gasteiger partial charge in [0, 0.05) is 25.2 Å². The van der Waals surface area contributed by atoms with Gasteiger partial charge in [-0.15, -0.1) is 0 Å². The van der Waals surface area contributed by atoms with Crippen molar-refractivity contribution in [1.29, 1.82) is 0 Å². The number of hydrogen-bond donors (Lipinski definition) is 1. The van der Waals surface area contributed by atoms with Crippen LogP contribution in [0.3, 0.4) is 0 Å². The number of pyridine rings is 1. The van der Waals surface area contributed by atoms with E-state index in [-0.39, 0.29) is 11.9 Å². The van der Waals surface area contributed by atoms with Crippen molar-refractivity contribution in [2.24, 2.45) is 5.73 Å². The fraction of sp³-hybridized carbons (Fsp3) is 0.583. The van der Waals surface area contributed by atoms with Gasteiger partial charge in [-0.05, 0) is 12.8 Å². The van der Waals surface area contributed by atoms with Gasteiger partial charge in [0.25, 0.3) is 0 Å². The average molecular weight is 243 g/mol. The first-order chi connectivity index (χ1) is 8.13. The molecule has 1 rings (SSSR count). The van der Waals surface area contributed by atoms with E-state index in [1.807, 2.05) is 18.7 Å². The van der Waals surface area contributed by atoms with Gasteiger partial charge in [0.2, 0.25) is 0 Å². The van der Waals surface area contributed by atoms with E-state index in [0.717, 1.165) is 25.1 Å². The lowest BCUT2D eigenvalue weighted by Gasteiger charge is -2.31. The lowest BCUT2D eigenvalue weighted by Crippen LogP contribution is -2.39. The van der Waals surface area contributed by atoms with Crippen LogP contribution in [0.2, 0.25) is 0 Å². The lowest BCUT2D eigenvalue weighted by molar-refractivity contribution is 0.522. The summed E-state index contributed by atoms with van der Waals surface area (Å²) in [5.41, 5.74) is 5.53. The van der Waals surface area contributed by atoms with Crippen molar-refractivity contribution in [2.45, 2.75) is 32.7 Å². The predicted octanol–water partition coefficient (Wildman–Crippen LogP) is 2.31. The zero-order chi connectivity index (χ0) is 12.8. The molecular formula is C12H19F2N3. The molecular weight excluding hydrogens is 224 g/mol. The highest BCUT2D eigenvalue weighted by Gasteiger charge is 2.19. The molecule has 0 aliphatic rings. The third-order valence-electron chi connectivity index (χ3n) is 2.81. The second-order valence-electron chi connectivity index (χ2n) is 3.91. The second kappa shape index (κ2) is 6.49. The van der Waals surface area contributed by atoms with Crippen LogP contribution in [0.5, 0.6) is 0 Å². The molecule has 3 nitrogen and oxygen atoms in total. The fourth-order valence-corrected chi connectivity index (χ4v) is 1.95. The molecule has 0 aliphatic heterocycles.